The standard InChI is InChI=1S/C28H34N4O3/c1-18-7-8-19(2)22(15-18)16-25-20(3)29-21(4)30-27(25)31-11-13-32(14-12-31)28(33)24-10-9-23(34-5)17-26(24)35-6/h7-10,15,17H,11-14,16H2,1-6H3. The van der Waals surface area contributed by atoms with Crippen LogP contribution in [-0.2, 0) is 6.42 Å². The molecule has 0 aliphatic carbocycles. The van der Waals surface area contributed by atoms with Crippen LogP contribution in [0.4, 0.5) is 5.82 Å². The van der Waals surface area contributed by atoms with Crippen molar-refractivity contribution in [3.8, 4) is 11.5 Å². The quantitative estimate of drug-likeness (QED) is 0.531. The number of carbonyl (C=O) groups is 1. The minimum Gasteiger partial charge on any atom is -0.497 e. The van der Waals surface area contributed by atoms with Gasteiger partial charge in [0.1, 0.15) is 23.1 Å². The van der Waals surface area contributed by atoms with Gasteiger partial charge in [-0.05, 0) is 51.0 Å². The summed E-state index contributed by atoms with van der Waals surface area (Å²) in [6, 6.07) is 11.9. The summed E-state index contributed by atoms with van der Waals surface area (Å²) in [6.07, 6.45) is 0.789. The predicted octanol–water partition coefficient (Wildman–Crippen LogP) is 4.28. The fraction of sp³-hybridized carbons (Fsp3) is 0.393. The van der Waals surface area contributed by atoms with Gasteiger partial charge in [-0.15, -0.1) is 0 Å². The molecule has 7 nitrogen and oxygen atoms in total. The van der Waals surface area contributed by atoms with Crippen LogP contribution in [0.5, 0.6) is 11.5 Å². The summed E-state index contributed by atoms with van der Waals surface area (Å²) in [5.41, 5.74) is 6.52. The van der Waals surface area contributed by atoms with Gasteiger partial charge < -0.3 is 19.3 Å². The minimum absolute atomic E-state index is 0.0326. The number of aryl methyl sites for hydroxylation is 4. The number of aromatic nitrogens is 2. The van der Waals surface area contributed by atoms with Gasteiger partial charge in [-0.1, -0.05) is 23.8 Å². The molecule has 184 valence electrons. The molecule has 3 aromatic rings. The first-order valence-electron chi connectivity index (χ1n) is 12.0. The van der Waals surface area contributed by atoms with E-state index in [1.54, 1.807) is 32.4 Å². The van der Waals surface area contributed by atoms with Crippen molar-refractivity contribution in [2.24, 2.45) is 0 Å². The molecule has 1 amide bonds. The number of piperazine rings is 1. The molecule has 0 atom stereocenters. The van der Waals surface area contributed by atoms with Crippen molar-refractivity contribution in [3.05, 3.63) is 75.7 Å². The molecule has 7 heteroatoms. The number of anilines is 1. The number of hydrogen-bond acceptors (Lipinski definition) is 6. The topological polar surface area (TPSA) is 67.8 Å². The Morgan fingerprint density at radius 1 is 0.914 bits per heavy atom. The van der Waals surface area contributed by atoms with Gasteiger partial charge in [0.05, 0.1) is 19.8 Å². The van der Waals surface area contributed by atoms with Gasteiger partial charge in [0.25, 0.3) is 5.91 Å². The van der Waals surface area contributed by atoms with Crippen LogP contribution in [0.3, 0.4) is 0 Å². The molecule has 0 spiro atoms. The lowest BCUT2D eigenvalue weighted by atomic mass is 9.97. The van der Waals surface area contributed by atoms with Crippen LogP contribution in [0.15, 0.2) is 36.4 Å². The fourth-order valence-corrected chi connectivity index (χ4v) is 4.63. The smallest absolute Gasteiger partial charge is 0.257 e. The van der Waals surface area contributed by atoms with E-state index in [-0.39, 0.29) is 5.91 Å². The van der Waals surface area contributed by atoms with Crippen molar-refractivity contribution in [3.63, 3.8) is 0 Å². The van der Waals surface area contributed by atoms with Crippen molar-refractivity contribution in [1.82, 2.24) is 14.9 Å². The van der Waals surface area contributed by atoms with E-state index >= 15 is 0 Å². The fourth-order valence-electron chi connectivity index (χ4n) is 4.63. The second-order valence-corrected chi connectivity index (χ2v) is 9.11. The first-order valence-corrected chi connectivity index (χ1v) is 12.0. The lowest BCUT2D eigenvalue weighted by molar-refractivity contribution is 0.0743. The number of ether oxygens (including phenoxy) is 2. The number of rotatable bonds is 6. The van der Waals surface area contributed by atoms with E-state index in [4.69, 9.17) is 14.5 Å². The van der Waals surface area contributed by atoms with Gasteiger partial charge in [0.15, 0.2) is 0 Å². The van der Waals surface area contributed by atoms with Crippen LogP contribution >= 0.6 is 0 Å². The second-order valence-electron chi connectivity index (χ2n) is 9.11. The van der Waals surface area contributed by atoms with E-state index < -0.39 is 0 Å². The van der Waals surface area contributed by atoms with Crippen molar-refractivity contribution in [2.75, 3.05) is 45.3 Å². The Labute approximate surface area is 207 Å². The first-order chi connectivity index (χ1) is 16.8. The van der Waals surface area contributed by atoms with Crippen molar-refractivity contribution in [1.29, 1.82) is 0 Å². The Bertz CT molecular complexity index is 1230. The van der Waals surface area contributed by atoms with E-state index in [1.165, 1.54) is 16.7 Å². The molecule has 0 N–H and O–H groups in total. The second kappa shape index (κ2) is 10.3. The minimum atomic E-state index is -0.0326. The summed E-state index contributed by atoms with van der Waals surface area (Å²) in [5.74, 6) is 2.90. The number of hydrogen-bond donors (Lipinski definition) is 0. The Kier molecular flexibility index (Phi) is 7.24. The van der Waals surface area contributed by atoms with Gasteiger partial charge in [0.2, 0.25) is 0 Å². The lowest BCUT2D eigenvalue weighted by Gasteiger charge is -2.36. The molecule has 2 aromatic carbocycles. The van der Waals surface area contributed by atoms with Gasteiger partial charge in [0, 0.05) is 49.9 Å². The van der Waals surface area contributed by atoms with Crippen LogP contribution in [-0.4, -0.2) is 61.2 Å². The van der Waals surface area contributed by atoms with E-state index in [0.29, 0.717) is 43.2 Å². The highest BCUT2D eigenvalue weighted by Crippen LogP contribution is 2.29. The molecular weight excluding hydrogens is 440 g/mol. The predicted molar refractivity (Wildman–Crippen MR) is 138 cm³/mol. The summed E-state index contributed by atoms with van der Waals surface area (Å²) in [7, 11) is 3.17. The largest absolute Gasteiger partial charge is 0.497 e. The highest BCUT2D eigenvalue weighted by molar-refractivity contribution is 5.97. The maximum absolute atomic E-state index is 13.3. The van der Waals surface area contributed by atoms with Crippen molar-refractivity contribution < 1.29 is 14.3 Å². The van der Waals surface area contributed by atoms with Crippen LogP contribution in [0.1, 0.15) is 44.1 Å². The van der Waals surface area contributed by atoms with Crippen molar-refractivity contribution >= 4 is 11.7 Å². The maximum atomic E-state index is 13.3. The van der Waals surface area contributed by atoms with E-state index in [1.807, 2.05) is 11.8 Å². The summed E-state index contributed by atoms with van der Waals surface area (Å²) in [4.78, 5) is 27.0. The molecule has 2 heterocycles. The average molecular weight is 475 g/mol. The summed E-state index contributed by atoms with van der Waals surface area (Å²) in [6.45, 7) is 10.9. The summed E-state index contributed by atoms with van der Waals surface area (Å²) < 4.78 is 10.7. The summed E-state index contributed by atoms with van der Waals surface area (Å²) in [5, 5.41) is 0. The molecule has 1 fully saturated rings. The molecule has 35 heavy (non-hydrogen) atoms. The van der Waals surface area contributed by atoms with Gasteiger partial charge >= 0.3 is 0 Å². The van der Waals surface area contributed by atoms with Crippen LogP contribution < -0.4 is 14.4 Å². The van der Waals surface area contributed by atoms with Gasteiger partial charge in [-0.2, -0.15) is 0 Å². The van der Waals surface area contributed by atoms with Crippen LogP contribution in [0.25, 0.3) is 0 Å². The lowest BCUT2D eigenvalue weighted by Crippen LogP contribution is -2.49. The highest BCUT2D eigenvalue weighted by Gasteiger charge is 2.27. The van der Waals surface area contributed by atoms with Gasteiger partial charge in [-0.25, -0.2) is 9.97 Å². The van der Waals surface area contributed by atoms with E-state index in [9.17, 15) is 4.79 Å². The molecule has 0 unspecified atom stereocenters. The molecule has 1 aliphatic heterocycles. The molecule has 0 radical (unpaired) electrons. The Balaban J connectivity index is 1.55. The molecule has 0 saturated carbocycles. The maximum Gasteiger partial charge on any atom is 0.257 e. The van der Waals surface area contributed by atoms with E-state index in [0.717, 1.165) is 29.3 Å². The van der Waals surface area contributed by atoms with Crippen LogP contribution in [0, 0.1) is 27.7 Å². The number of amides is 1. The third-order valence-electron chi connectivity index (χ3n) is 6.68. The molecule has 1 saturated heterocycles. The molecule has 0 bridgehead atoms. The monoisotopic (exact) mass is 474 g/mol. The van der Waals surface area contributed by atoms with Crippen LogP contribution in [0.2, 0.25) is 0 Å². The van der Waals surface area contributed by atoms with Gasteiger partial charge in [-0.3, -0.25) is 4.79 Å². The zero-order valence-corrected chi connectivity index (χ0v) is 21.5. The summed E-state index contributed by atoms with van der Waals surface area (Å²) >= 11 is 0. The Morgan fingerprint density at radius 2 is 1.66 bits per heavy atom. The van der Waals surface area contributed by atoms with Crippen molar-refractivity contribution in [2.45, 2.75) is 34.1 Å². The molecule has 1 aromatic heterocycles. The highest BCUT2D eigenvalue weighted by atomic mass is 16.5. The first kappa shape index (κ1) is 24.5. The normalized spacial score (nSPS) is 13.7. The Hall–Kier alpha value is -3.61. The Morgan fingerprint density at radius 3 is 2.34 bits per heavy atom. The molecule has 4 rings (SSSR count). The zero-order valence-electron chi connectivity index (χ0n) is 21.5. The number of benzene rings is 2. The number of carbonyl (C=O) groups excluding carboxylic acids is 1. The molecular formula is C28H34N4O3. The average Bonchev–Trinajstić information content (AvgIpc) is 2.86. The third-order valence-corrected chi connectivity index (χ3v) is 6.68. The zero-order chi connectivity index (χ0) is 25.1. The number of nitrogens with zero attached hydrogens (tertiary/aromatic N) is 4. The van der Waals surface area contributed by atoms with E-state index in [2.05, 4.69) is 48.9 Å². The third kappa shape index (κ3) is 5.24. The number of methoxy groups -OCH3 is 2. The SMILES string of the molecule is COc1ccc(C(=O)N2CCN(c3nc(C)nc(C)c3Cc3cc(C)ccc3C)CC2)c(OC)c1. The molecule has 1 aliphatic rings.